The van der Waals surface area contributed by atoms with Gasteiger partial charge in [0.15, 0.2) is 0 Å². The van der Waals surface area contributed by atoms with Gasteiger partial charge in [0.25, 0.3) is 0 Å². The van der Waals surface area contributed by atoms with Crippen molar-refractivity contribution in [3.05, 3.63) is 35.4 Å². The number of hydrogen-bond acceptors (Lipinski definition) is 3. The zero-order valence-corrected chi connectivity index (χ0v) is 13.7. The first kappa shape index (κ1) is 15.5. The molecule has 4 heteroatoms. The van der Waals surface area contributed by atoms with Gasteiger partial charge in [0.1, 0.15) is 0 Å². The van der Waals surface area contributed by atoms with E-state index in [1.807, 2.05) is 32.2 Å². The molecular formula is C14H23NOSSi. The molecule has 0 saturated heterocycles. The Morgan fingerprint density at radius 1 is 1.33 bits per heavy atom. The third kappa shape index (κ3) is 3.70. The molecule has 0 aromatic heterocycles. The van der Waals surface area contributed by atoms with Crippen LogP contribution >= 0.6 is 11.8 Å². The maximum absolute atomic E-state index is 12.2. The summed E-state index contributed by atoms with van der Waals surface area (Å²) in [5, 5.41) is 3.58. The van der Waals surface area contributed by atoms with Crippen molar-refractivity contribution >= 4 is 25.0 Å². The molecular weight excluding hydrogens is 258 g/mol. The van der Waals surface area contributed by atoms with Crippen molar-refractivity contribution in [2.45, 2.75) is 32.2 Å². The summed E-state index contributed by atoms with van der Waals surface area (Å²) in [4.78, 5) is 12.2. The molecule has 18 heavy (non-hydrogen) atoms. The summed E-state index contributed by atoms with van der Waals surface area (Å²) in [5.74, 6) is 0.824. The van der Waals surface area contributed by atoms with Gasteiger partial charge in [-0.25, -0.2) is 0 Å². The first-order chi connectivity index (χ1) is 8.41. The first-order valence-corrected chi connectivity index (χ1v) is 10.9. The van der Waals surface area contributed by atoms with Crippen LogP contribution in [0.15, 0.2) is 24.3 Å². The Balaban J connectivity index is 3.19. The van der Waals surface area contributed by atoms with Crippen molar-refractivity contribution < 1.29 is 4.79 Å². The lowest BCUT2D eigenvalue weighted by Gasteiger charge is -2.30. The van der Waals surface area contributed by atoms with E-state index in [0.29, 0.717) is 5.67 Å². The van der Waals surface area contributed by atoms with Gasteiger partial charge in [0.05, 0.1) is 8.07 Å². The van der Waals surface area contributed by atoms with E-state index < -0.39 is 8.07 Å². The molecule has 1 aromatic rings. The minimum atomic E-state index is -1.40. The fourth-order valence-corrected chi connectivity index (χ4v) is 4.85. The topological polar surface area (TPSA) is 29.1 Å². The van der Waals surface area contributed by atoms with Gasteiger partial charge < -0.3 is 5.32 Å². The highest BCUT2D eigenvalue weighted by Crippen LogP contribution is 2.28. The zero-order valence-electron chi connectivity index (χ0n) is 11.9. The number of hydrogen-bond donors (Lipinski definition) is 1. The monoisotopic (exact) mass is 281 g/mol. The highest BCUT2D eigenvalue weighted by Gasteiger charge is 2.29. The molecule has 0 aliphatic carbocycles. The van der Waals surface area contributed by atoms with Gasteiger partial charge in [-0.2, -0.15) is 0 Å². The standard InChI is InChI=1S/C14H23NOSSi/c1-6-17-14(16)12-10-8-7-9-11(12)13(15-2)18(3,4)5/h7-10,13,15H,6H2,1-5H3. The summed E-state index contributed by atoms with van der Waals surface area (Å²) < 4.78 is 0. The van der Waals surface area contributed by atoms with Crippen LogP contribution in [0, 0.1) is 0 Å². The van der Waals surface area contributed by atoms with E-state index in [-0.39, 0.29) is 5.12 Å². The van der Waals surface area contributed by atoms with Crippen molar-refractivity contribution in [1.82, 2.24) is 5.32 Å². The largest absolute Gasteiger partial charge is 0.316 e. The van der Waals surface area contributed by atoms with Crippen molar-refractivity contribution in [1.29, 1.82) is 0 Å². The molecule has 0 spiro atoms. The van der Waals surface area contributed by atoms with Gasteiger partial charge in [-0.15, -0.1) is 0 Å². The fraction of sp³-hybridized carbons (Fsp3) is 0.500. The number of carbonyl (C=O) groups excluding carboxylic acids is 1. The Labute approximate surface area is 116 Å². The minimum absolute atomic E-state index is 0.187. The van der Waals surface area contributed by atoms with E-state index in [0.717, 1.165) is 16.9 Å². The van der Waals surface area contributed by atoms with Crippen LogP contribution in [0.3, 0.4) is 0 Å². The number of rotatable bonds is 5. The Hall–Kier alpha value is -0.583. The van der Waals surface area contributed by atoms with Gasteiger partial charge >= 0.3 is 0 Å². The zero-order chi connectivity index (χ0) is 13.8. The van der Waals surface area contributed by atoms with Gasteiger partial charge in [-0.3, -0.25) is 4.79 Å². The average Bonchev–Trinajstić information content (AvgIpc) is 2.29. The number of thioether (sulfide) groups is 1. The summed E-state index contributed by atoms with van der Waals surface area (Å²) >= 11 is 1.39. The van der Waals surface area contributed by atoms with E-state index in [4.69, 9.17) is 0 Å². The molecule has 0 aliphatic heterocycles. The summed E-state index contributed by atoms with van der Waals surface area (Å²) in [6, 6.07) is 8.00. The highest BCUT2D eigenvalue weighted by atomic mass is 32.2. The second kappa shape index (κ2) is 6.54. The third-order valence-corrected chi connectivity index (χ3v) is 6.02. The molecule has 0 heterocycles. The lowest BCUT2D eigenvalue weighted by Crippen LogP contribution is -2.40. The number of nitrogens with one attached hydrogen (secondary N) is 1. The van der Waals surface area contributed by atoms with Crippen LogP contribution in [0.2, 0.25) is 19.6 Å². The Morgan fingerprint density at radius 3 is 2.44 bits per heavy atom. The van der Waals surface area contributed by atoms with Crippen LogP contribution in [0.1, 0.15) is 28.5 Å². The van der Waals surface area contributed by atoms with Crippen molar-refractivity contribution in [3.63, 3.8) is 0 Å². The lowest BCUT2D eigenvalue weighted by molar-refractivity contribution is 0.108. The van der Waals surface area contributed by atoms with Crippen LogP contribution in [0.5, 0.6) is 0 Å². The fourth-order valence-electron chi connectivity index (χ4n) is 2.20. The molecule has 0 radical (unpaired) electrons. The quantitative estimate of drug-likeness (QED) is 0.834. The number of benzene rings is 1. The normalized spacial score (nSPS) is 13.4. The Morgan fingerprint density at radius 2 is 1.94 bits per heavy atom. The molecule has 2 nitrogen and oxygen atoms in total. The smallest absolute Gasteiger partial charge is 0.219 e. The second-order valence-electron chi connectivity index (χ2n) is 5.40. The summed E-state index contributed by atoms with van der Waals surface area (Å²) in [7, 11) is 0.583. The van der Waals surface area contributed by atoms with Crippen LogP contribution in [0.4, 0.5) is 0 Å². The van der Waals surface area contributed by atoms with Crippen molar-refractivity contribution in [2.24, 2.45) is 0 Å². The predicted octanol–water partition coefficient (Wildman–Crippen LogP) is 3.72. The molecule has 1 unspecified atom stereocenters. The highest BCUT2D eigenvalue weighted by molar-refractivity contribution is 8.14. The van der Waals surface area contributed by atoms with Gasteiger partial charge in [-0.1, -0.05) is 62.6 Å². The minimum Gasteiger partial charge on any atom is -0.316 e. The van der Waals surface area contributed by atoms with Crippen LogP contribution in [-0.4, -0.2) is 26.0 Å². The molecule has 1 rings (SSSR count). The molecule has 0 bridgehead atoms. The molecule has 1 aromatic carbocycles. The van der Waals surface area contributed by atoms with Crippen molar-refractivity contribution in [3.8, 4) is 0 Å². The molecule has 0 amide bonds. The van der Waals surface area contributed by atoms with E-state index >= 15 is 0 Å². The molecule has 0 fully saturated rings. The van der Waals surface area contributed by atoms with Crippen LogP contribution in [-0.2, 0) is 0 Å². The van der Waals surface area contributed by atoms with Crippen molar-refractivity contribution in [2.75, 3.05) is 12.8 Å². The van der Waals surface area contributed by atoms with E-state index in [9.17, 15) is 4.79 Å². The summed E-state index contributed by atoms with van der Waals surface area (Å²) in [6.07, 6.45) is 0. The van der Waals surface area contributed by atoms with E-state index in [1.54, 1.807) is 0 Å². The SMILES string of the molecule is CCSC(=O)c1ccccc1C(NC)[Si](C)(C)C. The predicted molar refractivity (Wildman–Crippen MR) is 84.1 cm³/mol. The Kier molecular flexibility index (Phi) is 5.63. The Bertz CT molecular complexity index is 415. The maximum atomic E-state index is 12.2. The summed E-state index contributed by atoms with van der Waals surface area (Å²) in [5.41, 5.74) is 2.34. The maximum Gasteiger partial charge on any atom is 0.219 e. The molecule has 1 N–H and O–H groups in total. The first-order valence-electron chi connectivity index (χ1n) is 6.35. The molecule has 0 aliphatic rings. The molecule has 1 atom stereocenters. The molecule has 0 saturated carbocycles. The van der Waals surface area contributed by atoms with Crippen LogP contribution < -0.4 is 5.32 Å². The van der Waals surface area contributed by atoms with Gasteiger partial charge in [0.2, 0.25) is 5.12 Å². The average molecular weight is 281 g/mol. The third-order valence-electron chi connectivity index (χ3n) is 2.92. The molecule has 100 valence electrons. The lowest BCUT2D eigenvalue weighted by atomic mass is 10.1. The summed E-state index contributed by atoms with van der Waals surface area (Å²) in [6.45, 7) is 8.98. The van der Waals surface area contributed by atoms with Gasteiger partial charge in [0, 0.05) is 11.2 Å². The van der Waals surface area contributed by atoms with Gasteiger partial charge in [-0.05, 0) is 18.4 Å². The second-order valence-corrected chi connectivity index (χ2v) is 11.9. The van der Waals surface area contributed by atoms with Crippen LogP contribution in [0.25, 0.3) is 0 Å². The van der Waals surface area contributed by atoms with E-state index in [1.165, 1.54) is 11.8 Å². The number of carbonyl (C=O) groups is 1. The van der Waals surface area contributed by atoms with E-state index in [2.05, 4.69) is 31.0 Å².